The molecule has 0 amide bonds. The van der Waals surface area contributed by atoms with Crippen LogP contribution in [0.1, 0.15) is 22.7 Å². The van der Waals surface area contributed by atoms with Gasteiger partial charge >= 0.3 is 6.18 Å². The third kappa shape index (κ3) is 4.25. The second-order valence-corrected chi connectivity index (χ2v) is 7.20. The van der Waals surface area contributed by atoms with Crippen molar-refractivity contribution < 1.29 is 22.7 Å². The van der Waals surface area contributed by atoms with E-state index in [1.165, 1.54) is 24.5 Å². The maximum atomic E-state index is 14.4. The molecule has 4 rings (SSSR count). The molecule has 0 spiro atoms. The minimum atomic E-state index is -4.50. The lowest BCUT2D eigenvalue weighted by molar-refractivity contribution is -0.137. The summed E-state index contributed by atoms with van der Waals surface area (Å²) < 4.78 is 53.3. The van der Waals surface area contributed by atoms with E-state index in [1.807, 2.05) is 0 Å². The molecule has 1 unspecified atom stereocenters. The molecule has 2 aromatic heterocycles. The highest BCUT2D eigenvalue weighted by molar-refractivity contribution is 6.30. The Kier molecular flexibility index (Phi) is 5.41. The van der Waals surface area contributed by atoms with Gasteiger partial charge in [0.1, 0.15) is 11.3 Å². The number of alkyl halides is 3. The number of pyridine rings is 2. The molecule has 0 bridgehead atoms. The first-order chi connectivity index (χ1) is 14.7. The smallest absolute Gasteiger partial charge is 0.416 e. The third-order valence-electron chi connectivity index (χ3n) is 4.75. The molecule has 0 fully saturated rings. The van der Waals surface area contributed by atoms with Crippen LogP contribution in [0.5, 0.6) is 5.75 Å². The summed E-state index contributed by atoms with van der Waals surface area (Å²) in [5.74, 6) is -1.09. The number of rotatable bonds is 4. The van der Waals surface area contributed by atoms with Gasteiger partial charge in [-0.2, -0.15) is 13.2 Å². The van der Waals surface area contributed by atoms with E-state index in [2.05, 4.69) is 15.3 Å². The van der Waals surface area contributed by atoms with E-state index in [-0.39, 0.29) is 16.6 Å². The SMILES string of the molecule is Oc1c(C(Nc2ncc(Cl)cc2F)c2ccc(C(F)(F)F)cc2)ccc2cccnc12. The van der Waals surface area contributed by atoms with Crippen LogP contribution >= 0.6 is 11.6 Å². The molecular formula is C22H14ClF4N3O. The van der Waals surface area contributed by atoms with Crippen LogP contribution in [-0.2, 0) is 6.18 Å². The standard InChI is InChI=1S/C22H14ClF4N3O/c23-15-10-17(24)21(29-11-15)30-18(13-3-6-14(7-4-13)22(25,26)27)16-8-5-12-2-1-9-28-19(12)20(16)31/h1-11,18,31H,(H,29,30). The fraction of sp³-hybridized carbons (Fsp3) is 0.0909. The van der Waals surface area contributed by atoms with Gasteiger partial charge in [0.05, 0.1) is 16.6 Å². The van der Waals surface area contributed by atoms with Crippen LogP contribution in [-0.4, -0.2) is 15.1 Å². The van der Waals surface area contributed by atoms with E-state index in [0.29, 0.717) is 22.0 Å². The van der Waals surface area contributed by atoms with Gasteiger partial charge in [-0.05, 0) is 29.8 Å². The van der Waals surface area contributed by atoms with Crippen LogP contribution in [0.3, 0.4) is 0 Å². The first-order valence-electron chi connectivity index (χ1n) is 9.05. The van der Waals surface area contributed by atoms with Crippen molar-refractivity contribution in [1.29, 1.82) is 0 Å². The molecule has 0 saturated carbocycles. The fourth-order valence-electron chi connectivity index (χ4n) is 3.24. The summed E-state index contributed by atoms with van der Waals surface area (Å²) in [6.45, 7) is 0. The number of halogens is 5. The van der Waals surface area contributed by atoms with Crippen molar-refractivity contribution in [2.45, 2.75) is 12.2 Å². The lowest BCUT2D eigenvalue weighted by atomic mass is 9.95. The van der Waals surface area contributed by atoms with Crippen molar-refractivity contribution in [3.63, 3.8) is 0 Å². The highest BCUT2D eigenvalue weighted by Crippen LogP contribution is 2.38. The number of hydrogen-bond acceptors (Lipinski definition) is 4. The van der Waals surface area contributed by atoms with E-state index in [0.717, 1.165) is 18.2 Å². The number of nitrogens with one attached hydrogen (secondary N) is 1. The van der Waals surface area contributed by atoms with E-state index < -0.39 is 23.6 Å². The molecule has 158 valence electrons. The summed E-state index contributed by atoms with van der Waals surface area (Å²) in [7, 11) is 0. The van der Waals surface area contributed by atoms with E-state index in [9.17, 15) is 22.7 Å². The van der Waals surface area contributed by atoms with Gasteiger partial charge in [-0.1, -0.05) is 41.9 Å². The second-order valence-electron chi connectivity index (χ2n) is 6.76. The topological polar surface area (TPSA) is 58.0 Å². The Balaban J connectivity index is 1.84. The summed E-state index contributed by atoms with van der Waals surface area (Å²) >= 11 is 5.75. The number of hydrogen-bond donors (Lipinski definition) is 2. The Morgan fingerprint density at radius 1 is 1.00 bits per heavy atom. The van der Waals surface area contributed by atoms with Crippen LogP contribution < -0.4 is 5.32 Å². The summed E-state index contributed by atoms with van der Waals surface area (Å²) in [4.78, 5) is 8.09. The highest BCUT2D eigenvalue weighted by atomic mass is 35.5. The molecule has 2 heterocycles. The largest absolute Gasteiger partial charge is 0.505 e. The molecule has 2 aromatic carbocycles. The number of aromatic nitrogens is 2. The summed E-state index contributed by atoms with van der Waals surface area (Å²) in [5.41, 5.74) is 0.135. The molecule has 1 atom stereocenters. The first kappa shape index (κ1) is 20.9. The monoisotopic (exact) mass is 447 g/mol. The van der Waals surface area contributed by atoms with Crippen molar-refractivity contribution in [3.05, 3.63) is 94.5 Å². The molecule has 9 heteroatoms. The quantitative estimate of drug-likeness (QED) is 0.358. The first-order valence-corrected chi connectivity index (χ1v) is 9.43. The zero-order valence-electron chi connectivity index (χ0n) is 15.7. The van der Waals surface area contributed by atoms with Crippen molar-refractivity contribution >= 4 is 28.3 Å². The summed E-state index contributed by atoms with van der Waals surface area (Å²) in [5, 5.41) is 14.5. The van der Waals surface area contributed by atoms with Crippen molar-refractivity contribution in [2.75, 3.05) is 5.32 Å². The maximum absolute atomic E-state index is 14.4. The maximum Gasteiger partial charge on any atom is 0.416 e. The minimum absolute atomic E-state index is 0.0897. The minimum Gasteiger partial charge on any atom is -0.505 e. The number of fused-ring (bicyclic) bond motifs is 1. The molecule has 31 heavy (non-hydrogen) atoms. The molecule has 0 aliphatic heterocycles. The normalized spacial score (nSPS) is 12.7. The van der Waals surface area contributed by atoms with Gasteiger partial charge in [0.25, 0.3) is 0 Å². The third-order valence-corrected chi connectivity index (χ3v) is 4.96. The van der Waals surface area contributed by atoms with Gasteiger partial charge < -0.3 is 10.4 Å². The molecule has 4 nitrogen and oxygen atoms in total. The predicted molar refractivity (Wildman–Crippen MR) is 110 cm³/mol. The van der Waals surface area contributed by atoms with E-state index in [1.54, 1.807) is 24.3 Å². The van der Waals surface area contributed by atoms with E-state index in [4.69, 9.17) is 11.6 Å². The number of phenols is 1. The number of phenolic OH excluding ortho intramolecular Hbond substituents is 1. The van der Waals surface area contributed by atoms with Gasteiger partial charge in [0, 0.05) is 23.3 Å². The highest BCUT2D eigenvalue weighted by Gasteiger charge is 2.31. The molecule has 0 aliphatic carbocycles. The molecular weight excluding hydrogens is 434 g/mol. The van der Waals surface area contributed by atoms with Crippen LogP contribution in [0.4, 0.5) is 23.4 Å². The van der Waals surface area contributed by atoms with Crippen LogP contribution in [0.25, 0.3) is 10.9 Å². The van der Waals surface area contributed by atoms with Gasteiger partial charge in [0.2, 0.25) is 0 Å². The average Bonchev–Trinajstić information content (AvgIpc) is 2.74. The van der Waals surface area contributed by atoms with Gasteiger partial charge in [-0.15, -0.1) is 0 Å². The van der Waals surface area contributed by atoms with E-state index >= 15 is 0 Å². The van der Waals surface area contributed by atoms with Crippen LogP contribution in [0, 0.1) is 5.82 Å². The molecule has 4 aromatic rings. The molecule has 0 radical (unpaired) electrons. The lowest BCUT2D eigenvalue weighted by Gasteiger charge is -2.22. The second kappa shape index (κ2) is 8.03. The van der Waals surface area contributed by atoms with Crippen molar-refractivity contribution in [2.24, 2.45) is 0 Å². The Bertz CT molecular complexity index is 1250. The number of benzene rings is 2. The van der Waals surface area contributed by atoms with Crippen molar-refractivity contribution in [3.8, 4) is 5.75 Å². The number of anilines is 1. The fourth-order valence-corrected chi connectivity index (χ4v) is 3.39. The Morgan fingerprint density at radius 2 is 1.74 bits per heavy atom. The zero-order valence-corrected chi connectivity index (χ0v) is 16.4. The summed E-state index contributed by atoms with van der Waals surface area (Å²) in [6, 6.07) is 11.3. The predicted octanol–water partition coefficient (Wildman–Crippen LogP) is 6.35. The van der Waals surface area contributed by atoms with Crippen LogP contribution in [0.2, 0.25) is 5.02 Å². The number of aromatic hydroxyl groups is 1. The molecule has 0 saturated heterocycles. The lowest BCUT2D eigenvalue weighted by Crippen LogP contribution is -2.15. The number of nitrogens with zero attached hydrogens (tertiary/aromatic N) is 2. The van der Waals surface area contributed by atoms with Gasteiger partial charge in [-0.25, -0.2) is 9.37 Å². The Labute approximate surface area is 179 Å². The molecule has 0 aliphatic rings. The Hall–Kier alpha value is -3.39. The summed E-state index contributed by atoms with van der Waals surface area (Å²) in [6.07, 6.45) is -1.76. The zero-order chi connectivity index (χ0) is 22.2. The van der Waals surface area contributed by atoms with Gasteiger partial charge in [-0.3, -0.25) is 4.98 Å². The van der Waals surface area contributed by atoms with Crippen LogP contribution in [0.15, 0.2) is 67.0 Å². The van der Waals surface area contributed by atoms with Crippen molar-refractivity contribution in [1.82, 2.24) is 9.97 Å². The van der Waals surface area contributed by atoms with Gasteiger partial charge in [0.15, 0.2) is 11.6 Å². The molecule has 2 N–H and O–H groups in total. The average molecular weight is 448 g/mol. The Morgan fingerprint density at radius 3 is 2.42 bits per heavy atom.